The van der Waals surface area contributed by atoms with Gasteiger partial charge in [0.15, 0.2) is 5.60 Å². The number of likely N-dealkylation sites (tertiary alicyclic amines) is 1. The minimum Gasteiger partial charge on any atom is -0.455 e. The molecule has 13 heteroatoms. The molecule has 0 amide bonds. The molecule has 1 heterocycles. The second kappa shape index (κ2) is 10.9. The van der Waals surface area contributed by atoms with E-state index in [0.717, 1.165) is 0 Å². The highest BCUT2D eigenvalue weighted by atomic mass is 16.6. The number of methoxy groups -OCH3 is 4. The maximum absolute atomic E-state index is 13.8. The van der Waals surface area contributed by atoms with E-state index in [2.05, 4.69) is 4.90 Å². The first-order chi connectivity index (χ1) is 22.3. The molecule has 1 aromatic rings. The molecule has 1 aromatic carbocycles. The third-order valence-electron chi connectivity index (χ3n) is 13.2. The number of nitrogens with zero attached hydrogens (tertiary/aromatic N) is 1. The molecular weight excluding hydrogens is 614 g/mol. The molecule has 1 aliphatic heterocycles. The normalized spacial score (nSPS) is 50.7. The zero-order valence-corrected chi connectivity index (χ0v) is 27.7. The largest absolute Gasteiger partial charge is 0.455 e. The molecule has 13 nitrogen and oxygen atoms in total. The topological polar surface area (TPSA) is 174 Å². The second-order valence-electron chi connectivity index (χ2n) is 14.6. The summed E-state index contributed by atoms with van der Waals surface area (Å²) in [7, 11) is 5.94. The van der Waals surface area contributed by atoms with Crippen LogP contribution < -0.4 is 0 Å². The summed E-state index contributed by atoms with van der Waals surface area (Å²) in [6.07, 6.45) is -7.38. The van der Waals surface area contributed by atoms with Gasteiger partial charge in [-0.15, -0.1) is 0 Å². The van der Waals surface area contributed by atoms with Crippen LogP contribution in [0, 0.1) is 28.6 Å². The molecule has 7 rings (SSSR count). The number of aliphatic hydroxyl groups excluding tert-OH is 2. The highest BCUT2D eigenvalue weighted by molar-refractivity contribution is 5.89. The first-order valence-corrected chi connectivity index (χ1v) is 16.4. The number of esters is 2. The van der Waals surface area contributed by atoms with Crippen molar-refractivity contribution in [1.82, 2.24) is 4.90 Å². The van der Waals surface area contributed by atoms with Crippen molar-refractivity contribution in [2.75, 3.05) is 48.1 Å². The van der Waals surface area contributed by atoms with Crippen molar-refractivity contribution in [1.29, 1.82) is 0 Å². The fraction of sp³-hybridized carbons (Fsp3) is 0.765. The van der Waals surface area contributed by atoms with Crippen molar-refractivity contribution in [3.63, 3.8) is 0 Å². The summed E-state index contributed by atoms with van der Waals surface area (Å²) in [6, 6.07) is 7.64. The molecule has 4 N–H and O–H groups in total. The first-order valence-electron chi connectivity index (χ1n) is 16.4. The van der Waals surface area contributed by atoms with E-state index in [9.17, 15) is 30.0 Å². The second-order valence-corrected chi connectivity index (χ2v) is 14.6. The van der Waals surface area contributed by atoms with Crippen molar-refractivity contribution in [3.8, 4) is 0 Å². The van der Waals surface area contributed by atoms with Gasteiger partial charge in [0.2, 0.25) is 0 Å². The summed E-state index contributed by atoms with van der Waals surface area (Å²) in [5.41, 5.74) is -8.15. The smallest absolute Gasteiger partial charge is 0.338 e. The van der Waals surface area contributed by atoms with Gasteiger partial charge in [0, 0.05) is 83.5 Å². The number of carbonyl (C=O) groups is 2. The fourth-order valence-corrected chi connectivity index (χ4v) is 12.3. The lowest BCUT2D eigenvalue weighted by atomic mass is 9.40. The molecule has 260 valence electrons. The van der Waals surface area contributed by atoms with Gasteiger partial charge >= 0.3 is 11.9 Å². The molecule has 5 aliphatic carbocycles. The fourth-order valence-electron chi connectivity index (χ4n) is 12.3. The molecule has 6 fully saturated rings. The van der Waals surface area contributed by atoms with E-state index in [1.54, 1.807) is 37.4 Å². The average molecular weight is 662 g/mol. The number of hydrogen-bond donors (Lipinski definition) is 4. The van der Waals surface area contributed by atoms with Crippen molar-refractivity contribution in [3.05, 3.63) is 35.9 Å². The van der Waals surface area contributed by atoms with Crippen LogP contribution >= 0.6 is 0 Å². The standard InChI is InChI=1S/C34H47NO12/c1-7-35-15-30(16-42-3)19(37)13-20(43-4)33-23(30)22(44-5)21(25(33)35)34(47-17(2)36)24-27(46-29(39)18-11-9-8-10-12-18)31(40,14-32(24,33)41)28(45-6)26(34)38/h8-12,19-28,37-38,40-41H,7,13-16H2,1-6H3/t19-,20+,21+,22+,23-,24?,25-,26+,27-,28+,30+,31-,32+,33-,34+/m1/s1. The summed E-state index contributed by atoms with van der Waals surface area (Å²) in [4.78, 5) is 29.2. The Bertz CT molecular complexity index is 1410. The Hall–Kier alpha value is -2.20. The third kappa shape index (κ3) is 3.65. The number of benzene rings is 1. The van der Waals surface area contributed by atoms with E-state index in [4.69, 9.17) is 28.4 Å². The van der Waals surface area contributed by atoms with Crippen molar-refractivity contribution >= 4 is 11.9 Å². The molecule has 15 atom stereocenters. The predicted molar refractivity (Wildman–Crippen MR) is 162 cm³/mol. The van der Waals surface area contributed by atoms with Gasteiger partial charge in [-0.3, -0.25) is 9.69 Å². The van der Waals surface area contributed by atoms with Crippen LogP contribution in [0.1, 0.15) is 37.0 Å². The van der Waals surface area contributed by atoms with E-state index in [1.807, 2.05) is 6.92 Å². The Kier molecular flexibility index (Phi) is 7.72. The van der Waals surface area contributed by atoms with E-state index >= 15 is 0 Å². The molecule has 6 aliphatic rings. The van der Waals surface area contributed by atoms with Gasteiger partial charge in [0.25, 0.3) is 0 Å². The number of rotatable bonds is 9. The number of hydrogen-bond acceptors (Lipinski definition) is 13. The Morgan fingerprint density at radius 1 is 0.979 bits per heavy atom. The van der Waals surface area contributed by atoms with E-state index in [1.165, 1.54) is 28.3 Å². The summed E-state index contributed by atoms with van der Waals surface area (Å²) < 4.78 is 36.9. The third-order valence-corrected chi connectivity index (χ3v) is 13.2. The number of ether oxygens (including phenoxy) is 6. The Labute approximate surface area is 274 Å². The minimum absolute atomic E-state index is 0.119. The molecular formula is C34H47NO12. The molecule has 5 saturated carbocycles. The van der Waals surface area contributed by atoms with Crippen LogP contribution in [-0.2, 0) is 33.2 Å². The summed E-state index contributed by atoms with van der Waals surface area (Å²) in [6.45, 7) is 4.15. The average Bonchev–Trinajstić information content (AvgIpc) is 3.39. The van der Waals surface area contributed by atoms with Crippen LogP contribution in [0.3, 0.4) is 0 Å². The van der Waals surface area contributed by atoms with Gasteiger partial charge in [-0.05, 0) is 18.7 Å². The van der Waals surface area contributed by atoms with Crippen LogP contribution in [0.5, 0.6) is 0 Å². The quantitative estimate of drug-likeness (QED) is 0.256. The first kappa shape index (κ1) is 33.3. The molecule has 0 radical (unpaired) electrons. The zero-order valence-electron chi connectivity index (χ0n) is 27.7. The summed E-state index contributed by atoms with van der Waals surface area (Å²) in [5, 5.41) is 51.1. The summed E-state index contributed by atoms with van der Waals surface area (Å²) >= 11 is 0. The predicted octanol–water partition coefficient (Wildman–Crippen LogP) is -0.237. The lowest BCUT2D eigenvalue weighted by molar-refractivity contribution is -0.355. The zero-order chi connectivity index (χ0) is 33.9. The highest BCUT2D eigenvalue weighted by Gasteiger charge is 2.96. The number of fused-ring (bicyclic) bond motifs is 2. The number of aliphatic hydroxyl groups is 4. The van der Waals surface area contributed by atoms with Gasteiger partial charge in [0.05, 0.1) is 42.0 Å². The van der Waals surface area contributed by atoms with Crippen LogP contribution in [0.2, 0.25) is 0 Å². The van der Waals surface area contributed by atoms with E-state index in [0.29, 0.717) is 13.1 Å². The molecule has 1 saturated heterocycles. The lowest BCUT2D eigenvalue weighted by Crippen LogP contribution is -2.85. The Morgan fingerprint density at radius 3 is 2.26 bits per heavy atom. The van der Waals surface area contributed by atoms with Crippen molar-refractivity contribution < 1.29 is 58.4 Å². The maximum Gasteiger partial charge on any atom is 0.338 e. The van der Waals surface area contributed by atoms with Crippen molar-refractivity contribution in [2.45, 2.75) is 86.2 Å². The van der Waals surface area contributed by atoms with Crippen LogP contribution in [0.25, 0.3) is 0 Å². The van der Waals surface area contributed by atoms with Crippen LogP contribution in [-0.4, -0.2) is 145 Å². The van der Waals surface area contributed by atoms with Gasteiger partial charge in [0.1, 0.15) is 23.9 Å². The molecule has 47 heavy (non-hydrogen) atoms. The number of piperidine rings is 1. The maximum atomic E-state index is 13.8. The van der Waals surface area contributed by atoms with Crippen molar-refractivity contribution in [2.24, 2.45) is 28.6 Å². The molecule has 1 spiro atoms. The SMILES string of the molecule is CCN1C[C@]2(COC)[C@H](O)C[C@H](OC)[C@@]34[C@@H]2[C@@H](OC)[C@@H]([C@@H]13)[C@]1(OC(C)=O)C2[C@@H](OC(=O)c3ccccc3)[C@](O)(C[C@]24O)[C@@H](OC)[C@@H]1O. The Morgan fingerprint density at radius 2 is 1.68 bits per heavy atom. The van der Waals surface area contributed by atoms with E-state index in [-0.39, 0.29) is 18.6 Å². The minimum atomic E-state index is -2.12. The summed E-state index contributed by atoms with van der Waals surface area (Å²) in [5.74, 6) is -4.34. The van der Waals surface area contributed by atoms with Gasteiger partial charge in [-0.1, -0.05) is 25.1 Å². The van der Waals surface area contributed by atoms with Gasteiger partial charge in [-0.2, -0.15) is 0 Å². The lowest BCUT2D eigenvalue weighted by Gasteiger charge is -2.72. The van der Waals surface area contributed by atoms with Gasteiger partial charge < -0.3 is 48.8 Å². The van der Waals surface area contributed by atoms with Crippen LogP contribution in [0.15, 0.2) is 30.3 Å². The monoisotopic (exact) mass is 661 g/mol. The van der Waals surface area contributed by atoms with E-state index < -0.39 is 106 Å². The molecule has 7 bridgehead atoms. The molecule has 1 unspecified atom stereocenters. The van der Waals surface area contributed by atoms with Crippen LogP contribution in [0.4, 0.5) is 0 Å². The molecule has 0 aromatic heterocycles. The highest BCUT2D eigenvalue weighted by Crippen LogP contribution is 2.81. The Balaban J connectivity index is 1.57. The van der Waals surface area contributed by atoms with Gasteiger partial charge in [-0.25, -0.2) is 4.79 Å². The number of carbonyl (C=O) groups excluding carboxylic acids is 2.